The third-order valence-corrected chi connectivity index (χ3v) is 4.00. The molecular weight excluding hydrogens is 366 g/mol. The van der Waals surface area contributed by atoms with Crippen molar-refractivity contribution in [3.05, 3.63) is 75.0 Å². The molecule has 2 heterocycles. The maximum Gasteiger partial charge on any atom is 0.351 e. The molecule has 0 fully saturated rings. The summed E-state index contributed by atoms with van der Waals surface area (Å²) in [5.41, 5.74) is 0.380. The van der Waals surface area contributed by atoms with Gasteiger partial charge in [-0.3, -0.25) is 4.79 Å². The van der Waals surface area contributed by atoms with Gasteiger partial charge in [0.15, 0.2) is 6.61 Å². The first kappa shape index (κ1) is 17.3. The zero-order chi connectivity index (χ0) is 19.7. The number of H-pyrrole nitrogens is 2. The molecule has 3 N–H and O–H groups in total. The second kappa shape index (κ2) is 6.88. The average Bonchev–Trinajstić information content (AvgIpc) is 3.05. The van der Waals surface area contributed by atoms with Crippen LogP contribution in [0.1, 0.15) is 10.4 Å². The zero-order valence-electron chi connectivity index (χ0n) is 14.3. The number of fused-ring (bicyclic) bond motifs is 2. The number of hydrogen-bond donors (Lipinski definition) is 3. The van der Waals surface area contributed by atoms with E-state index in [1.807, 2.05) is 0 Å². The summed E-state index contributed by atoms with van der Waals surface area (Å²) in [6, 6.07) is 12.9. The van der Waals surface area contributed by atoms with Crippen LogP contribution in [0.3, 0.4) is 0 Å². The van der Waals surface area contributed by atoms with E-state index < -0.39 is 24.1 Å². The van der Waals surface area contributed by atoms with Crippen LogP contribution in [0.15, 0.2) is 62.5 Å². The van der Waals surface area contributed by atoms with Gasteiger partial charge in [-0.2, -0.15) is 0 Å². The number of amides is 1. The lowest BCUT2D eigenvalue weighted by Gasteiger charge is -2.07. The second-order valence-corrected chi connectivity index (χ2v) is 5.95. The highest BCUT2D eigenvalue weighted by Crippen LogP contribution is 2.15. The van der Waals surface area contributed by atoms with E-state index in [4.69, 9.17) is 9.15 Å². The van der Waals surface area contributed by atoms with Gasteiger partial charge < -0.3 is 24.4 Å². The summed E-state index contributed by atoms with van der Waals surface area (Å²) >= 11 is 0. The molecule has 0 saturated heterocycles. The highest BCUT2D eigenvalue weighted by Gasteiger charge is 2.16. The molecule has 0 aliphatic rings. The number of carbonyl (C=O) groups is 2. The molecule has 0 aliphatic heterocycles. The van der Waals surface area contributed by atoms with Gasteiger partial charge in [-0.15, -0.1) is 0 Å². The van der Waals surface area contributed by atoms with Crippen LogP contribution in [0.25, 0.3) is 22.0 Å². The van der Waals surface area contributed by atoms with Crippen LogP contribution in [0, 0.1) is 0 Å². The number of rotatable bonds is 4. The van der Waals surface area contributed by atoms with Crippen molar-refractivity contribution in [3.63, 3.8) is 0 Å². The molecule has 9 heteroatoms. The number of ether oxygens (including phenoxy) is 1. The van der Waals surface area contributed by atoms with Crippen LogP contribution in [0.5, 0.6) is 0 Å². The van der Waals surface area contributed by atoms with Gasteiger partial charge in [0.1, 0.15) is 11.1 Å². The molecule has 0 radical (unpaired) electrons. The summed E-state index contributed by atoms with van der Waals surface area (Å²) in [7, 11) is 0. The highest BCUT2D eigenvalue weighted by molar-refractivity contribution is 5.97. The Kier molecular flexibility index (Phi) is 4.24. The molecule has 2 aromatic carbocycles. The largest absolute Gasteiger partial charge is 0.452 e. The fourth-order valence-corrected chi connectivity index (χ4v) is 2.72. The van der Waals surface area contributed by atoms with Crippen molar-refractivity contribution in [2.75, 3.05) is 11.9 Å². The summed E-state index contributed by atoms with van der Waals surface area (Å²) in [4.78, 5) is 52.5. The normalized spacial score (nSPS) is 10.9. The predicted molar refractivity (Wildman–Crippen MR) is 100 cm³/mol. The van der Waals surface area contributed by atoms with E-state index in [-0.39, 0.29) is 11.3 Å². The first-order valence-electron chi connectivity index (χ1n) is 8.21. The van der Waals surface area contributed by atoms with Gasteiger partial charge in [0, 0.05) is 11.1 Å². The van der Waals surface area contributed by atoms with Crippen LogP contribution in [0.4, 0.5) is 5.69 Å². The average molecular weight is 379 g/mol. The molecule has 0 spiro atoms. The van der Waals surface area contributed by atoms with Crippen molar-refractivity contribution in [1.82, 2.24) is 9.97 Å². The SMILES string of the molecule is O=C(COC(=O)c1cc2ccccc2oc1=O)Nc1ccc2[nH]c(=O)[nH]c2c1. The Hall–Kier alpha value is -4.14. The van der Waals surface area contributed by atoms with E-state index in [1.165, 1.54) is 6.07 Å². The van der Waals surface area contributed by atoms with E-state index in [0.717, 1.165) is 0 Å². The van der Waals surface area contributed by atoms with Crippen molar-refractivity contribution in [2.45, 2.75) is 0 Å². The molecule has 4 rings (SSSR count). The Bertz CT molecular complexity index is 1330. The minimum atomic E-state index is -0.958. The van der Waals surface area contributed by atoms with Gasteiger partial charge in [0.25, 0.3) is 5.91 Å². The van der Waals surface area contributed by atoms with E-state index >= 15 is 0 Å². The number of nitrogens with one attached hydrogen (secondary N) is 3. The summed E-state index contributed by atoms with van der Waals surface area (Å²) in [5, 5.41) is 3.10. The number of imidazole rings is 1. The molecule has 2 aromatic heterocycles. The van der Waals surface area contributed by atoms with Crippen LogP contribution in [-0.2, 0) is 9.53 Å². The standard InChI is InChI=1S/C19H13N3O6/c23-16(20-11-5-6-13-14(8-11)22-19(26)21-13)9-27-17(24)12-7-10-3-1-2-4-15(10)28-18(12)25/h1-8H,9H2,(H,20,23)(H2,21,22,26). The number of para-hydroxylation sites is 1. The Labute approximate surface area is 155 Å². The monoisotopic (exact) mass is 379 g/mol. The Morgan fingerprint density at radius 3 is 2.64 bits per heavy atom. The highest BCUT2D eigenvalue weighted by atomic mass is 16.5. The van der Waals surface area contributed by atoms with Crippen molar-refractivity contribution >= 4 is 39.6 Å². The lowest BCUT2D eigenvalue weighted by atomic mass is 10.2. The lowest BCUT2D eigenvalue weighted by molar-refractivity contribution is -0.119. The number of aromatic amines is 2. The van der Waals surface area contributed by atoms with E-state index in [2.05, 4.69) is 15.3 Å². The van der Waals surface area contributed by atoms with Crippen molar-refractivity contribution < 1.29 is 18.7 Å². The second-order valence-electron chi connectivity index (χ2n) is 5.95. The summed E-state index contributed by atoms with van der Waals surface area (Å²) in [6.45, 7) is -0.590. The van der Waals surface area contributed by atoms with E-state index in [9.17, 15) is 19.2 Å². The molecule has 0 saturated carbocycles. The molecule has 140 valence electrons. The molecule has 9 nitrogen and oxygen atoms in total. The molecule has 28 heavy (non-hydrogen) atoms. The molecular formula is C19H13N3O6. The van der Waals surface area contributed by atoms with Crippen LogP contribution in [-0.4, -0.2) is 28.5 Å². The molecule has 0 aliphatic carbocycles. The fraction of sp³-hybridized carbons (Fsp3) is 0.0526. The summed E-state index contributed by atoms with van der Waals surface area (Å²) < 4.78 is 9.98. The van der Waals surface area contributed by atoms with E-state index in [0.29, 0.717) is 27.7 Å². The third-order valence-electron chi connectivity index (χ3n) is 4.00. The fourth-order valence-electron chi connectivity index (χ4n) is 2.72. The lowest BCUT2D eigenvalue weighted by Crippen LogP contribution is -2.23. The molecule has 1 amide bonds. The number of hydrogen-bond acceptors (Lipinski definition) is 6. The number of aromatic nitrogens is 2. The van der Waals surface area contributed by atoms with Crippen LogP contribution >= 0.6 is 0 Å². The minimum Gasteiger partial charge on any atom is -0.452 e. The maximum absolute atomic E-state index is 12.1. The summed E-state index contributed by atoms with van der Waals surface area (Å²) in [6.07, 6.45) is 0. The predicted octanol–water partition coefficient (Wildman–Crippen LogP) is 1.76. The number of esters is 1. The third kappa shape index (κ3) is 3.40. The van der Waals surface area contributed by atoms with E-state index in [1.54, 1.807) is 42.5 Å². The van der Waals surface area contributed by atoms with Gasteiger partial charge in [-0.25, -0.2) is 14.4 Å². The number of benzene rings is 2. The minimum absolute atomic E-state index is 0.294. The van der Waals surface area contributed by atoms with Gasteiger partial charge in [-0.1, -0.05) is 18.2 Å². The van der Waals surface area contributed by atoms with Gasteiger partial charge in [0.2, 0.25) is 0 Å². The van der Waals surface area contributed by atoms with Crippen molar-refractivity contribution in [2.24, 2.45) is 0 Å². The summed E-state index contributed by atoms with van der Waals surface area (Å²) in [5.74, 6) is -1.56. The number of anilines is 1. The van der Waals surface area contributed by atoms with Gasteiger partial charge >= 0.3 is 17.3 Å². The molecule has 0 bridgehead atoms. The first-order valence-corrected chi connectivity index (χ1v) is 8.21. The number of carbonyl (C=O) groups excluding carboxylic acids is 2. The Morgan fingerprint density at radius 1 is 1.00 bits per heavy atom. The molecule has 0 atom stereocenters. The zero-order valence-corrected chi connectivity index (χ0v) is 14.3. The quantitative estimate of drug-likeness (QED) is 0.365. The van der Waals surface area contributed by atoms with Crippen LogP contribution in [0.2, 0.25) is 0 Å². The Morgan fingerprint density at radius 2 is 1.79 bits per heavy atom. The Balaban J connectivity index is 1.43. The first-order chi connectivity index (χ1) is 13.5. The van der Waals surface area contributed by atoms with Crippen molar-refractivity contribution in [3.8, 4) is 0 Å². The molecule has 0 unspecified atom stereocenters. The molecule has 4 aromatic rings. The topological polar surface area (TPSA) is 134 Å². The van der Waals surface area contributed by atoms with Gasteiger partial charge in [0.05, 0.1) is 11.0 Å². The van der Waals surface area contributed by atoms with Crippen molar-refractivity contribution in [1.29, 1.82) is 0 Å². The smallest absolute Gasteiger partial charge is 0.351 e. The van der Waals surface area contributed by atoms with Crippen LogP contribution < -0.4 is 16.6 Å². The maximum atomic E-state index is 12.1. The van der Waals surface area contributed by atoms with Gasteiger partial charge in [-0.05, 0) is 30.3 Å².